The van der Waals surface area contributed by atoms with Crippen molar-refractivity contribution < 1.29 is 13.2 Å². The van der Waals surface area contributed by atoms with Gasteiger partial charge in [0.25, 0.3) is 0 Å². The molecule has 0 N–H and O–H groups in total. The van der Waals surface area contributed by atoms with Crippen LogP contribution in [0.5, 0.6) is 11.5 Å². The van der Waals surface area contributed by atoms with Gasteiger partial charge >= 0.3 is 0 Å². The predicted molar refractivity (Wildman–Crippen MR) is 116 cm³/mol. The molecule has 0 aliphatic carbocycles. The molecular weight excluding hydrogens is 382 g/mol. The molecule has 0 bridgehead atoms. The van der Waals surface area contributed by atoms with Crippen molar-refractivity contribution in [1.29, 1.82) is 0 Å². The van der Waals surface area contributed by atoms with Crippen molar-refractivity contribution in [2.24, 2.45) is 0 Å². The number of fused-ring (bicyclic) bond motifs is 1. The van der Waals surface area contributed by atoms with Gasteiger partial charge in [-0.3, -0.25) is 4.98 Å². The van der Waals surface area contributed by atoms with E-state index in [0.717, 1.165) is 27.6 Å². The van der Waals surface area contributed by atoms with E-state index in [0.29, 0.717) is 11.5 Å². The first kappa shape index (κ1) is 19.2. The van der Waals surface area contributed by atoms with Crippen molar-refractivity contribution in [2.45, 2.75) is 18.7 Å². The van der Waals surface area contributed by atoms with Crippen LogP contribution >= 0.6 is 0 Å². The van der Waals surface area contributed by atoms with Crippen LogP contribution < -0.4 is 4.74 Å². The number of para-hydroxylation sites is 1. The van der Waals surface area contributed by atoms with E-state index >= 15 is 0 Å². The van der Waals surface area contributed by atoms with E-state index < -0.39 is 9.84 Å². The number of aromatic nitrogens is 1. The number of hydrogen-bond donors (Lipinski definition) is 0. The summed E-state index contributed by atoms with van der Waals surface area (Å²) < 4.78 is 30.2. The molecule has 146 valence electrons. The molecule has 0 saturated heterocycles. The first-order chi connectivity index (χ1) is 14.0. The first-order valence-corrected chi connectivity index (χ1v) is 11.1. The molecule has 0 unspecified atom stereocenters. The Bertz CT molecular complexity index is 1300. The Morgan fingerprint density at radius 3 is 2.41 bits per heavy atom. The van der Waals surface area contributed by atoms with Crippen LogP contribution in [0.4, 0.5) is 0 Å². The van der Waals surface area contributed by atoms with Crippen molar-refractivity contribution in [2.75, 3.05) is 5.75 Å². The zero-order valence-electron chi connectivity index (χ0n) is 16.3. The lowest BCUT2D eigenvalue weighted by Gasteiger charge is -2.11. The fraction of sp³-hybridized carbons (Fsp3) is 0.125. The molecule has 4 aromatic rings. The van der Waals surface area contributed by atoms with Gasteiger partial charge in [0, 0.05) is 11.6 Å². The van der Waals surface area contributed by atoms with Crippen molar-refractivity contribution in [3.8, 4) is 22.6 Å². The Labute approximate surface area is 170 Å². The van der Waals surface area contributed by atoms with Crippen molar-refractivity contribution in [3.63, 3.8) is 0 Å². The van der Waals surface area contributed by atoms with Crippen LogP contribution in [0.3, 0.4) is 0 Å². The van der Waals surface area contributed by atoms with Gasteiger partial charge in [-0.05, 0) is 60.0 Å². The largest absolute Gasteiger partial charge is 0.457 e. The minimum Gasteiger partial charge on any atom is -0.457 e. The molecule has 5 heteroatoms. The average Bonchev–Trinajstić information content (AvgIpc) is 2.74. The molecule has 4 nitrogen and oxygen atoms in total. The number of hydrogen-bond acceptors (Lipinski definition) is 4. The van der Waals surface area contributed by atoms with E-state index in [1.165, 1.54) is 0 Å². The third-order valence-electron chi connectivity index (χ3n) is 4.90. The van der Waals surface area contributed by atoms with Gasteiger partial charge in [0.05, 0.1) is 16.2 Å². The van der Waals surface area contributed by atoms with Crippen LogP contribution in [-0.2, 0) is 9.84 Å². The van der Waals surface area contributed by atoms with Gasteiger partial charge in [0.1, 0.15) is 11.5 Å². The number of aryl methyl sites for hydroxylation is 1. The quantitative estimate of drug-likeness (QED) is 0.423. The minimum atomic E-state index is -3.28. The van der Waals surface area contributed by atoms with E-state index in [-0.39, 0.29) is 10.6 Å². The third-order valence-corrected chi connectivity index (χ3v) is 6.63. The molecule has 0 aliphatic rings. The molecule has 0 spiro atoms. The van der Waals surface area contributed by atoms with Gasteiger partial charge in [-0.1, -0.05) is 43.3 Å². The summed E-state index contributed by atoms with van der Waals surface area (Å²) in [5, 5.41) is 1.08. The molecule has 1 aromatic heterocycles. The summed E-state index contributed by atoms with van der Waals surface area (Å²) in [7, 11) is -3.28. The number of ether oxygens (including phenoxy) is 1. The lowest BCUT2D eigenvalue weighted by atomic mass is 9.99. The molecule has 3 aromatic carbocycles. The maximum atomic E-state index is 12.1. The third kappa shape index (κ3) is 3.87. The Kier molecular flexibility index (Phi) is 5.07. The minimum absolute atomic E-state index is 0.0560. The van der Waals surface area contributed by atoms with Gasteiger partial charge in [-0.15, -0.1) is 0 Å². The number of nitrogens with zero attached hydrogens (tertiary/aromatic N) is 1. The van der Waals surface area contributed by atoms with Gasteiger partial charge in [-0.2, -0.15) is 0 Å². The lowest BCUT2D eigenvalue weighted by Crippen LogP contribution is -2.03. The summed E-state index contributed by atoms with van der Waals surface area (Å²) >= 11 is 0. The van der Waals surface area contributed by atoms with Crippen LogP contribution in [-0.4, -0.2) is 19.2 Å². The summed E-state index contributed by atoms with van der Waals surface area (Å²) in [6.45, 7) is 3.68. The second kappa shape index (κ2) is 7.68. The molecule has 0 atom stereocenters. The Hall–Kier alpha value is -3.18. The Morgan fingerprint density at radius 2 is 1.62 bits per heavy atom. The zero-order valence-corrected chi connectivity index (χ0v) is 17.1. The molecule has 4 rings (SSSR count). The van der Waals surface area contributed by atoms with Crippen molar-refractivity contribution in [1.82, 2.24) is 4.98 Å². The van der Waals surface area contributed by atoms with E-state index in [9.17, 15) is 8.42 Å². The zero-order chi connectivity index (χ0) is 20.4. The fourth-order valence-corrected chi connectivity index (χ4v) is 4.25. The number of benzene rings is 3. The van der Waals surface area contributed by atoms with Crippen molar-refractivity contribution >= 4 is 20.7 Å². The van der Waals surface area contributed by atoms with Crippen LogP contribution in [0, 0.1) is 6.92 Å². The number of pyridine rings is 1. The van der Waals surface area contributed by atoms with Gasteiger partial charge in [-0.25, -0.2) is 8.42 Å². The lowest BCUT2D eigenvalue weighted by molar-refractivity contribution is 0.481. The maximum Gasteiger partial charge on any atom is 0.178 e. The highest BCUT2D eigenvalue weighted by atomic mass is 32.2. The van der Waals surface area contributed by atoms with Gasteiger partial charge in [0.15, 0.2) is 9.84 Å². The Balaban J connectivity index is 1.71. The molecule has 0 radical (unpaired) electrons. The van der Waals surface area contributed by atoms with Crippen LogP contribution in [0.2, 0.25) is 0 Å². The molecule has 0 fully saturated rings. The highest BCUT2D eigenvalue weighted by Crippen LogP contribution is 2.32. The molecule has 29 heavy (non-hydrogen) atoms. The highest BCUT2D eigenvalue weighted by Gasteiger charge is 2.13. The SMILES string of the molecule is CCS(=O)(=O)c1cccc(Oc2cccc(-c3ccnc4c(C)cccc34)c2)c1. The average molecular weight is 404 g/mol. The molecule has 0 saturated carbocycles. The van der Waals surface area contributed by atoms with Crippen LogP contribution in [0.15, 0.2) is 83.9 Å². The second-order valence-electron chi connectivity index (χ2n) is 6.84. The van der Waals surface area contributed by atoms with E-state index in [2.05, 4.69) is 24.0 Å². The normalized spacial score (nSPS) is 11.5. The molecule has 1 heterocycles. The summed E-state index contributed by atoms with van der Waals surface area (Å²) in [6.07, 6.45) is 1.82. The van der Waals surface area contributed by atoms with E-state index in [4.69, 9.17) is 4.74 Å². The van der Waals surface area contributed by atoms with E-state index in [1.807, 2.05) is 42.6 Å². The summed E-state index contributed by atoms with van der Waals surface area (Å²) in [5.74, 6) is 1.19. The standard InChI is InChI=1S/C24H21NO3S/c1-3-29(26,27)21-11-6-10-20(16-21)28-19-9-5-8-18(15-19)22-13-14-25-24-17(2)7-4-12-23(22)24/h4-16H,3H2,1-2H3. The highest BCUT2D eigenvalue weighted by molar-refractivity contribution is 7.91. The fourth-order valence-electron chi connectivity index (χ4n) is 3.34. The monoisotopic (exact) mass is 403 g/mol. The number of sulfone groups is 1. The number of rotatable bonds is 5. The van der Waals surface area contributed by atoms with Gasteiger partial charge in [0.2, 0.25) is 0 Å². The molecule has 0 amide bonds. The molecule has 0 aliphatic heterocycles. The first-order valence-electron chi connectivity index (χ1n) is 9.43. The Morgan fingerprint density at radius 1 is 0.897 bits per heavy atom. The van der Waals surface area contributed by atoms with Crippen LogP contribution in [0.25, 0.3) is 22.0 Å². The van der Waals surface area contributed by atoms with E-state index in [1.54, 1.807) is 31.2 Å². The van der Waals surface area contributed by atoms with Crippen molar-refractivity contribution in [3.05, 3.63) is 84.6 Å². The summed E-state index contributed by atoms with van der Waals surface area (Å²) in [4.78, 5) is 4.78. The summed E-state index contributed by atoms with van der Waals surface area (Å²) in [6, 6.07) is 22.5. The van der Waals surface area contributed by atoms with Gasteiger partial charge < -0.3 is 4.74 Å². The maximum absolute atomic E-state index is 12.1. The molecular formula is C24H21NO3S. The smallest absolute Gasteiger partial charge is 0.178 e. The summed E-state index contributed by atoms with van der Waals surface area (Å²) in [5.41, 5.74) is 4.20. The predicted octanol–water partition coefficient (Wildman–Crippen LogP) is 5.80. The second-order valence-corrected chi connectivity index (χ2v) is 9.12. The van der Waals surface area contributed by atoms with Crippen LogP contribution in [0.1, 0.15) is 12.5 Å². The topological polar surface area (TPSA) is 56.3 Å².